The van der Waals surface area contributed by atoms with Gasteiger partial charge >= 0.3 is 0 Å². The van der Waals surface area contributed by atoms with E-state index in [-0.39, 0.29) is 11.9 Å². The Morgan fingerprint density at radius 3 is 2.77 bits per heavy atom. The number of methoxy groups -OCH3 is 1. The molecule has 5 nitrogen and oxygen atoms in total. The predicted octanol–water partition coefficient (Wildman–Crippen LogP) is 2.99. The van der Waals surface area contributed by atoms with Gasteiger partial charge in [0.2, 0.25) is 11.8 Å². The van der Waals surface area contributed by atoms with E-state index in [9.17, 15) is 4.39 Å². The molecule has 1 aromatic carbocycles. The van der Waals surface area contributed by atoms with Crippen LogP contribution in [0.15, 0.2) is 30.5 Å². The molecular formula is C15H18ClFN4O. The van der Waals surface area contributed by atoms with E-state index in [1.165, 1.54) is 13.2 Å². The monoisotopic (exact) mass is 324 g/mol. The highest BCUT2D eigenvalue weighted by Gasteiger charge is 2.21. The van der Waals surface area contributed by atoms with Crippen molar-refractivity contribution in [2.75, 3.05) is 33.1 Å². The summed E-state index contributed by atoms with van der Waals surface area (Å²) in [5.41, 5.74) is 0.449. The van der Waals surface area contributed by atoms with Crippen LogP contribution in [0.2, 0.25) is 5.02 Å². The molecule has 0 bridgehead atoms. The highest BCUT2D eigenvalue weighted by molar-refractivity contribution is 6.31. The largest absolute Gasteiger partial charge is 0.481 e. The van der Waals surface area contributed by atoms with E-state index in [1.54, 1.807) is 24.4 Å². The number of hydrogen-bond donors (Lipinski definition) is 1. The molecule has 0 saturated carbocycles. The maximum atomic E-state index is 14.1. The molecule has 1 atom stereocenters. The Balaban J connectivity index is 2.19. The Morgan fingerprint density at radius 2 is 2.14 bits per heavy atom. The van der Waals surface area contributed by atoms with Gasteiger partial charge in [0.25, 0.3) is 0 Å². The highest BCUT2D eigenvalue weighted by atomic mass is 35.5. The van der Waals surface area contributed by atoms with Gasteiger partial charge in [-0.3, -0.25) is 0 Å². The molecule has 0 spiro atoms. The molecule has 1 heterocycles. The van der Waals surface area contributed by atoms with Crippen molar-refractivity contribution >= 4 is 17.5 Å². The zero-order valence-electron chi connectivity index (χ0n) is 12.7. The molecule has 2 aromatic rings. The van der Waals surface area contributed by atoms with Crippen molar-refractivity contribution in [2.45, 2.75) is 6.04 Å². The maximum Gasteiger partial charge on any atom is 0.226 e. The van der Waals surface area contributed by atoms with Crippen molar-refractivity contribution < 1.29 is 9.13 Å². The molecule has 0 aliphatic rings. The smallest absolute Gasteiger partial charge is 0.226 e. The van der Waals surface area contributed by atoms with Crippen LogP contribution in [0, 0.1) is 5.82 Å². The van der Waals surface area contributed by atoms with Gasteiger partial charge in [0.1, 0.15) is 5.82 Å². The number of aromatic nitrogens is 2. The maximum absolute atomic E-state index is 14.1. The second-order valence-electron chi connectivity index (χ2n) is 4.92. The fourth-order valence-corrected chi connectivity index (χ4v) is 2.39. The van der Waals surface area contributed by atoms with Crippen LogP contribution >= 0.6 is 11.6 Å². The first-order valence-electron chi connectivity index (χ1n) is 6.74. The normalized spacial score (nSPS) is 12.3. The predicted molar refractivity (Wildman–Crippen MR) is 84.9 cm³/mol. The van der Waals surface area contributed by atoms with E-state index in [0.717, 1.165) is 0 Å². The number of ether oxygens (including phenoxy) is 1. The lowest BCUT2D eigenvalue weighted by molar-refractivity contribution is 0.303. The van der Waals surface area contributed by atoms with Gasteiger partial charge in [0, 0.05) is 29.4 Å². The number of nitrogens with one attached hydrogen (secondary N) is 1. The molecule has 0 saturated heterocycles. The molecule has 0 radical (unpaired) electrons. The molecule has 7 heteroatoms. The van der Waals surface area contributed by atoms with Gasteiger partial charge < -0.3 is 15.0 Å². The summed E-state index contributed by atoms with van der Waals surface area (Å²) in [7, 11) is 5.26. The zero-order chi connectivity index (χ0) is 16.1. The first-order chi connectivity index (χ1) is 10.5. The summed E-state index contributed by atoms with van der Waals surface area (Å²) in [6, 6.07) is 6.07. The molecule has 1 N–H and O–H groups in total. The molecule has 0 fully saturated rings. The van der Waals surface area contributed by atoms with Gasteiger partial charge in [-0.05, 0) is 26.2 Å². The van der Waals surface area contributed by atoms with Gasteiger partial charge in [0.15, 0.2) is 0 Å². The summed E-state index contributed by atoms with van der Waals surface area (Å²) in [5, 5.41) is 3.48. The highest BCUT2D eigenvalue weighted by Crippen LogP contribution is 2.29. The van der Waals surface area contributed by atoms with Crippen molar-refractivity contribution in [3.8, 4) is 5.88 Å². The van der Waals surface area contributed by atoms with Gasteiger partial charge in [0.05, 0.1) is 13.2 Å². The fourth-order valence-electron chi connectivity index (χ4n) is 2.10. The van der Waals surface area contributed by atoms with E-state index in [4.69, 9.17) is 16.3 Å². The summed E-state index contributed by atoms with van der Waals surface area (Å²) >= 11 is 6.15. The third-order valence-electron chi connectivity index (χ3n) is 3.25. The summed E-state index contributed by atoms with van der Waals surface area (Å²) in [6.45, 7) is 0.404. The third kappa shape index (κ3) is 3.84. The molecule has 2 rings (SSSR count). The third-order valence-corrected chi connectivity index (χ3v) is 3.58. The standard InChI is InChI=1S/C15H18ClFN4O/c1-21(2)12(14-10(16)5-4-6-11(14)17)9-19-15-18-8-7-13(20-15)22-3/h4-8,12H,9H2,1-3H3,(H,18,19,20). The van der Waals surface area contributed by atoms with Crippen LogP contribution in [0.1, 0.15) is 11.6 Å². The van der Waals surface area contributed by atoms with Gasteiger partial charge in [-0.2, -0.15) is 4.98 Å². The Hall–Kier alpha value is -1.92. The average molecular weight is 325 g/mol. The van der Waals surface area contributed by atoms with E-state index in [0.29, 0.717) is 29.0 Å². The number of halogens is 2. The molecule has 118 valence electrons. The van der Waals surface area contributed by atoms with E-state index < -0.39 is 0 Å². The molecule has 0 amide bonds. The lowest BCUT2D eigenvalue weighted by Crippen LogP contribution is -2.28. The number of likely N-dealkylation sites (N-methyl/N-ethyl adjacent to an activating group) is 1. The molecule has 0 aliphatic carbocycles. The van der Waals surface area contributed by atoms with Crippen molar-refractivity contribution in [1.29, 1.82) is 0 Å². The Morgan fingerprint density at radius 1 is 1.36 bits per heavy atom. The van der Waals surface area contributed by atoms with Crippen LogP contribution in [0.5, 0.6) is 5.88 Å². The quantitative estimate of drug-likeness (QED) is 0.885. The number of anilines is 1. The molecule has 0 aliphatic heterocycles. The minimum atomic E-state index is -0.334. The van der Waals surface area contributed by atoms with E-state index in [2.05, 4.69) is 15.3 Å². The topological polar surface area (TPSA) is 50.3 Å². The van der Waals surface area contributed by atoms with Crippen molar-refractivity contribution in [2.24, 2.45) is 0 Å². The van der Waals surface area contributed by atoms with Crippen LogP contribution in [-0.4, -0.2) is 42.6 Å². The molecule has 1 unspecified atom stereocenters. The minimum absolute atomic E-state index is 0.261. The summed E-state index contributed by atoms with van der Waals surface area (Å²) in [6.07, 6.45) is 1.59. The second kappa shape index (κ2) is 7.38. The van der Waals surface area contributed by atoms with Crippen LogP contribution in [0.3, 0.4) is 0 Å². The second-order valence-corrected chi connectivity index (χ2v) is 5.33. The Kier molecular flexibility index (Phi) is 5.51. The lowest BCUT2D eigenvalue weighted by atomic mass is 10.1. The first kappa shape index (κ1) is 16.5. The minimum Gasteiger partial charge on any atom is -0.481 e. The van der Waals surface area contributed by atoms with E-state index >= 15 is 0 Å². The number of hydrogen-bond acceptors (Lipinski definition) is 5. The number of nitrogens with zero attached hydrogens (tertiary/aromatic N) is 3. The summed E-state index contributed by atoms with van der Waals surface area (Å²) < 4.78 is 19.2. The van der Waals surface area contributed by atoms with Gasteiger partial charge in [-0.15, -0.1) is 0 Å². The van der Waals surface area contributed by atoms with Crippen molar-refractivity contribution in [3.63, 3.8) is 0 Å². The number of benzene rings is 1. The Labute approximate surface area is 134 Å². The van der Waals surface area contributed by atoms with Crippen LogP contribution in [0.4, 0.5) is 10.3 Å². The van der Waals surface area contributed by atoms with Crippen molar-refractivity contribution in [1.82, 2.24) is 14.9 Å². The number of rotatable bonds is 6. The van der Waals surface area contributed by atoms with E-state index in [1.807, 2.05) is 19.0 Å². The van der Waals surface area contributed by atoms with Gasteiger partial charge in [-0.25, -0.2) is 9.37 Å². The lowest BCUT2D eigenvalue weighted by Gasteiger charge is -2.26. The first-order valence-corrected chi connectivity index (χ1v) is 7.12. The summed E-state index contributed by atoms with van der Waals surface area (Å²) in [5.74, 6) is 0.543. The Bertz CT molecular complexity index is 618. The molecular weight excluding hydrogens is 307 g/mol. The zero-order valence-corrected chi connectivity index (χ0v) is 13.4. The fraction of sp³-hybridized carbons (Fsp3) is 0.333. The van der Waals surface area contributed by atoms with Crippen LogP contribution in [-0.2, 0) is 0 Å². The summed E-state index contributed by atoms with van der Waals surface area (Å²) in [4.78, 5) is 10.2. The SMILES string of the molecule is COc1ccnc(NCC(c2c(F)cccc2Cl)N(C)C)n1. The van der Waals surface area contributed by atoms with Gasteiger partial charge in [-0.1, -0.05) is 17.7 Å². The van der Waals surface area contributed by atoms with Crippen molar-refractivity contribution in [3.05, 3.63) is 46.9 Å². The molecule has 1 aromatic heterocycles. The molecule has 22 heavy (non-hydrogen) atoms. The van der Waals surface area contributed by atoms with Crippen LogP contribution < -0.4 is 10.1 Å². The average Bonchev–Trinajstić information content (AvgIpc) is 2.50. The van der Waals surface area contributed by atoms with Crippen LogP contribution in [0.25, 0.3) is 0 Å².